The molecule has 0 bridgehead atoms. The molecule has 0 atom stereocenters. The zero-order valence-electron chi connectivity index (χ0n) is 16.8. The number of hydrogen-bond donors (Lipinski definition) is 1. The van der Waals surface area contributed by atoms with E-state index in [0.29, 0.717) is 30.9 Å². The maximum absolute atomic E-state index is 13.1. The van der Waals surface area contributed by atoms with E-state index in [-0.39, 0.29) is 16.9 Å². The van der Waals surface area contributed by atoms with Gasteiger partial charge in [0.1, 0.15) is 23.6 Å². The van der Waals surface area contributed by atoms with Gasteiger partial charge in [-0.3, -0.25) is 4.79 Å². The fraction of sp³-hybridized carbons (Fsp3) is 0.182. The lowest BCUT2D eigenvalue weighted by Gasteiger charge is -2.08. The van der Waals surface area contributed by atoms with E-state index in [1.54, 1.807) is 30.1 Å². The van der Waals surface area contributed by atoms with Crippen LogP contribution in [0, 0.1) is 12.7 Å². The van der Waals surface area contributed by atoms with Crippen molar-refractivity contribution in [2.75, 3.05) is 0 Å². The van der Waals surface area contributed by atoms with Gasteiger partial charge in [-0.15, -0.1) is 0 Å². The molecule has 0 aliphatic rings. The lowest BCUT2D eigenvalue weighted by Crippen LogP contribution is -2.23. The highest BCUT2D eigenvalue weighted by Gasteiger charge is 2.20. The van der Waals surface area contributed by atoms with E-state index in [2.05, 4.69) is 20.5 Å². The van der Waals surface area contributed by atoms with Gasteiger partial charge < -0.3 is 5.32 Å². The molecule has 1 N–H and O–H groups in total. The highest BCUT2D eigenvalue weighted by atomic mass is 35.5. The Kier molecular flexibility index (Phi) is 6.08. The highest BCUT2D eigenvalue weighted by Crippen LogP contribution is 2.21. The van der Waals surface area contributed by atoms with E-state index in [9.17, 15) is 9.18 Å². The quantitative estimate of drug-likeness (QED) is 0.478. The molecule has 31 heavy (non-hydrogen) atoms. The Bertz CT molecular complexity index is 1190. The number of carbonyl (C=O) groups excluding carboxylic acids is 1. The van der Waals surface area contributed by atoms with Crippen molar-refractivity contribution in [2.24, 2.45) is 0 Å². The van der Waals surface area contributed by atoms with E-state index in [1.807, 2.05) is 24.3 Å². The molecule has 0 radical (unpaired) electrons. The summed E-state index contributed by atoms with van der Waals surface area (Å²) in [6.07, 6.45) is 3.15. The van der Waals surface area contributed by atoms with Gasteiger partial charge in [-0.25, -0.2) is 18.7 Å². The first kappa shape index (κ1) is 20.7. The summed E-state index contributed by atoms with van der Waals surface area (Å²) in [6.45, 7) is 3.03. The van der Waals surface area contributed by atoms with Crippen LogP contribution in [0.1, 0.15) is 32.7 Å². The van der Waals surface area contributed by atoms with Crippen LogP contribution in [0.3, 0.4) is 0 Å². The van der Waals surface area contributed by atoms with Crippen molar-refractivity contribution in [1.29, 1.82) is 0 Å². The summed E-state index contributed by atoms with van der Waals surface area (Å²) in [4.78, 5) is 16.7. The van der Waals surface area contributed by atoms with Crippen molar-refractivity contribution in [1.82, 2.24) is 29.9 Å². The van der Waals surface area contributed by atoms with Gasteiger partial charge >= 0.3 is 0 Å². The Morgan fingerprint density at radius 1 is 1.10 bits per heavy atom. The van der Waals surface area contributed by atoms with Gasteiger partial charge in [0.25, 0.3) is 5.91 Å². The summed E-state index contributed by atoms with van der Waals surface area (Å²) >= 11 is 6.44. The highest BCUT2D eigenvalue weighted by molar-refractivity contribution is 6.33. The van der Waals surface area contributed by atoms with Crippen LogP contribution in [0.25, 0.3) is 0 Å². The van der Waals surface area contributed by atoms with Crippen LogP contribution in [0.15, 0.2) is 61.2 Å². The maximum atomic E-state index is 13.1. The summed E-state index contributed by atoms with van der Waals surface area (Å²) < 4.78 is 16.4. The molecule has 9 heteroatoms. The second-order valence-corrected chi connectivity index (χ2v) is 7.49. The Balaban J connectivity index is 1.43. The van der Waals surface area contributed by atoms with Crippen molar-refractivity contribution < 1.29 is 9.18 Å². The number of nitrogens with zero attached hydrogens (tertiary/aromatic N) is 5. The van der Waals surface area contributed by atoms with Crippen LogP contribution in [-0.2, 0) is 19.6 Å². The fourth-order valence-corrected chi connectivity index (χ4v) is 3.61. The van der Waals surface area contributed by atoms with Gasteiger partial charge in [0.05, 0.1) is 24.3 Å². The third-order valence-corrected chi connectivity index (χ3v) is 5.18. The molecule has 1 amide bonds. The van der Waals surface area contributed by atoms with Crippen LogP contribution >= 0.6 is 11.6 Å². The number of nitrogens with one attached hydrogen (secondary N) is 1. The zero-order chi connectivity index (χ0) is 21.8. The number of rotatable bonds is 7. The van der Waals surface area contributed by atoms with E-state index >= 15 is 0 Å². The molecule has 4 rings (SSSR count). The van der Waals surface area contributed by atoms with E-state index in [4.69, 9.17) is 11.6 Å². The summed E-state index contributed by atoms with van der Waals surface area (Å²) in [5.74, 6) is -0.605. The Morgan fingerprint density at radius 2 is 1.87 bits per heavy atom. The predicted molar refractivity (Wildman–Crippen MR) is 114 cm³/mol. The molecule has 4 aromatic rings. The average Bonchev–Trinajstić information content (AvgIpc) is 3.36. The molecule has 0 spiro atoms. The largest absolute Gasteiger partial charge is 0.348 e. The van der Waals surface area contributed by atoms with Gasteiger partial charge in [0, 0.05) is 6.54 Å². The summed E-state index contributed by atoms with van der Waals surface area (Å²) in [7, 11) is 0. The average molecular weight is 439 g/mol. The normalized spacial score (nSPS) is 10.9. The summed E-state index contributed by atoms with van der Waals surface area (Å²) in [6, 6.07) is 14.0. The second-order valence-electron chi connectivity index (χ2n) is 7.13. The van der Waals surface area contributed by atoms with Crippen molar-refractivity contribution in [3.63, 3.8) is 0 Å². The summed E-state index contributed by atoms with van der Waals surface area (Å²) in [5.41, 5.74) is 3.71. The fourth-order valence-electron chi connectivity index (χ4n) is 3.29. The first-order valence-electron chi connectivity index (χ1n) is 9.65. The Morgan fingerprint density at radius 3 is 2.61 bits per heavy atom. The topological polar surface area (TPSA) is 77.6 Å². The third kappa shape index (κ3) is 4.97. The minimum absolute atomic E-state index is 0.249. The monoisotopic (exact) mass is 438 g/mol. The van der Waals surface area contributed by atoms with Crippen LogP contribution < -0.4 is 5.32 Å². The molecule has 2 aromatic carbocycles. The van der Waals surface area contributed by atoms with Crippen LogP contribution in [0.4, 0.5) is 4.39 Å². The van der Waals surface area contributed by atoms with Gasteiger partial charge in [0.2, 0.25) is 0 Å². The van der Waals surface area contributed by atoms with Gasteiger partial charge in [-0.2, -0.15) is 10.2 Å². The first-order chi connectivity index (χ1) is 15.0. The molecule has 2 aromatic heterocycles. The minimum atomic E-state index is -0.308. The van der Waals surface area contributed by atoms with Crippen molar-refractivity contribution >= 4 is 17.5 Å². The number of aryl methyl sites for hydroxylation is 1. The molecule has 0 saturated carbocycles. The molecule has 0 unspecified atom stereocenters. The Hall–Kier alpha value is -3.52. The first-order valence-corrected chi connectivity index (χ1v) is 10.0. The molecule has 0 fully saturated rings. The molecular weight excluding hydrogens is 419 g/mol. The van der Waals surface area contributed by atoms with Crippen molar-refractivity contribution in [3.05, 3.63) is 100 Å². The molecule has 7 nitrogen and oxygen atoms in total. The van der Waals surface area contributed by atoms with E-state index in [0.717, 1.165) is 16.7 Å². The number of amides is 1. The molecule has 0 aliphatic carbocycles. The lowest BCUT2D eigenvalue weighted by atomic mass is 10.1. The van der Waals surface area contributed by atoms with E-state index in [1.165, 1.54) is 23.1 Å². The Labute approximate surface area is 183 Å². The van der Waals surface area contributed by atoms with Gasteiger partial charge in [0.15, 0.2) is 0 Å². The van der Waals surface area contributed by atoms with Crippen LogP contribution in [0.5, 0.6) is 0 Å². The SMILES string of the molecule is Cc1nn(Cc2ccc(F)cc2)c(Cl)c1C(=O)NCc1cccc(Cn2cncn2)c1. The molecule has 0 saturated heterocycles. The third-order valence-electron chi connectivity index (χ3n) is 4.79. The predicted octanol–water partition coefficient (Wildman–Crippen LogP) is 3.60. The smallest absolute Gasteiger partial charge is 0.256 e. The van der Waals surface area contributed by atoms with Gasteiger partial charge in [-0.1, -0.05) is 48.0 Å². The van der Waals surface area contributed by atoms with Gasteiger partial charge in [-0.05, 0) is 35.7 Å². The van der Waals surface area contributed by atoms with E-state index < -0.39 is 0 Å². The molecule has 2 heterocycles. The standard InChI is InChI=1S/C22H20ClFN6O/c1-15-20(21(23)30(28-15)12-16-5-7-19(24)8-6-16)22(31)26-10-17-3-2-4-18(9-17)11-29-14-25-13-27-29/h2-9,13-14H,10-12H2,1H3,(H,26,31). The minimum Gasteiger partial charge on any atom is -0.348 e. The summed E-state index contributed by atoms with van der Waals surface area (Å²) in [5, 5.41) is 11.6. The maximum Gasteiger partial charge on any atom is 0.256 e. The number of carbonyl (C=O) groups is 1. The molecule has 158 valence electrons. The number of hydrogen-bond acceptors (Lipinski definition) is 4. The molecule has 0 aliphatic heterocycles. The number of aromatic nitrogens is 5. The van der Waals surface area contributed by atoms with Crippen molar-refractivity contribution in [3.8, 4) is 0 Å². The molecular formula is C22H20ClFN6O. The lowest BCUT2D eigenvalue weighted by molar-refractivity contribution is 0.0950. The van der Waals surface area contributed by atoms with Crippen molar-refractivity contribution in [2.45, 2.75) is 26.6 Å². The van der Waals surface area contributed by atoms with Crippen LogP contribution in [-0.4, -0.2) is 30.5 Å². The number of benzene rings is 2. The number of halogens is 2. The second kappa shape index (κ2) is 9.09. The zero-order valence-corrected chi connectivity index (χ0v) is 17.6. The van der Waals surface area contributed by atoms with Crippen LogP contribution in [0.2, 0.25) is 5.15 Å².